The van der Waals surface area contributed by atoms with Gasteiger partial charge in [-0.25, -0.2) is 4.98 Å². The molecule has 18 heavy (non-hydrogen) atoms. The van der Waals surface area contributed by atoms with Gasteiger partial charge in [-0.3, -0.25) is 4.79 Å². The molecule has 7 heteroatoms. The summed E-state index contributed by atoms with van der Waals surface area (Å²) < 4.78 is 4.59. The zero-order chi connectivity index (χ0) is 12.8. The molecule has 0 fully saturated rings. The fraction of sp³-hybridized carbons (Fsp3) is 0.273. The molecule has 2 aromatic heterocycles. The van der Waals surface area contributed by atoms with Gasteiger partial charge in [0.15, 0.2) is 5.82 Å². The Kier molecular flexibility index (Phi) is 3.85. The summed E-state index contributed by atoms with van der Waals surface area (Å²) in [5.41, 5.74) is 0.516. The molecule has 0 spiro atoms. The number of hydrogen-bond acceptors (Lipinski definition) is 6. The number of rotatable bonds is 5. The predicted molar refractivity (Wildman–Crippen MR) is 64.1 cm³/mol. The molecule has 0 bridgehead atoms. The lowest BCUT2D eigenvalue weighted by Crippen LogP contribution is -2.26. The van der Waals surface area contributed by atoms with Gasteiger partial charge >= 0.3 is 0 Å². The van der Waals surface area contributed by atoms with Crippen LogP contribution in [0.25, 0.3) is 0 Å². The van der Waals surface area contributed by atoms with Gasteiger partial charge in [0.2, 0.25) is 6.39 Å². The summed E-state index contributed by atoms with van der Waals surface area (Å²) in [7, 11) is 1.77. The molecule has 0 aliphatic heterocycles. The lowest BCUT2D eigenvalue weighted by molar-refractivity contribution is 0.0953. The summed E-state index contributed by atoms with van der Waals surface area (Å²) in [5.74, 6) is 1.12. The van der Waals surface area contributed by atoms with Gasteiger partial charge in [0.1, 0.15) is 5.82 Å². The number of hydrogen-bond donors (Lipinski definition) is 2. The molecule has 7 nitrogen and oxygen atoms in total. The van der Waals surface area contributed by atoms with Crippen molar-refractivity contribution in [3.8, 4) is 0 Å². The van der Waals surface area contributed by atoms with E-state index in [1.165, 1.54) is 12.6 Å². The van der Waals surface area contributed by atoms with E-state index in [1.54, 1.807) is 19.2 Å². The molecule has 2 aromatic rings. The Morgan fingerprint density at radius 1 is 1.39 bits per heavy atom. The Bertz CT molecular complexity index is 495. The number of carbonyl (C=O) groups is 1. The lowest BCUT2D eigenvalue weighted by atomic mass is 10.2. The van der Waals surface area contributed by atoms with Crippen LogP contribution in [0.2, 0.25) is 0 Å². The number of nitrogens with zero attached hydrogens (tertiary/aromatic N) is 3. The third kappa shape index (κ3) is 3.03. The van der Waals surface area contributed by atoms with E-state index in [2.05, 4.69) is 30.3 Å². The maximum atomic E-state index is 11.7. The Morgan fingerprint density at radius 2 is 2.28 bits per heavy atom. The van der Waals surface area contributed by atoms with Crippen molar-refractivity contribution in [1.29, 1.82) is 0 Å². The van der Waals surface area contributed by atoms with Gasteiger partial charge in [0, 0.05) is 26.2 Å². The molecule has 0 aliphatic carbocycles. The first-order valence-electron chi connectivity index (χ1n) is 5.47. The molecule has 0 aromatic carbocycles. The number of anilines is 1. The highest BCUT2D eigenvalue weighted by molar-refractivity contribution is 5.94. The molecule has 0 saturated heterocycles. The highest BCUT2D eigenvalue weighted by atomic mass is 16.5. The Labute approximate surface area is 104 Å². The van der Waals surface area contributed by atoms with Crippen molar-refractivity contribution in [2.75, 3.05) is 18.9 Å². The van der Waals surface area contributed by atoms with Gasteiger partial charge in [-0.1, -0.05) is 5.16 Å². The molecule has 0 unspecified atom stereocenters. The van der Waals surface area contributed by atoms with Crippen LogP contribution in [-0.2, 0) is 6.42 Å². The van der Waals surface area contributed by atoms with Crippen LogP contribution in [0, 0.1) is 0 Å². The number of aromatic nitrogens is 3. The topological polar surface area (TPSA) is 92.9 Å². The first-order valence-corrected chi connectivity index (χ1v) is 5.47. The maximum Gasteiger partial charge on any atom is 0.252 e. The molecular formula is C11H13N5O2. The van der Waals surface area contributed by atoms with Crippen molar-refractivity contribution < 1.29 is 9.32 Å². The fourth-order valence-electron chi connectivity index (χ4n) is 1.37. The molecule has 1 amide bonds. The zero-order valence-corrected chi connectivity index (χ0v) is 9.88. The Morgan fingerprint density at radius 3 is 2.89 bits per heavy atom. The number of amides is 1. The van der Waals surface area contributed by atoms with Crippen LogP contribution in [0.4, 0.5) is 5.82 Å². The Hall–Kier alpha value is -2.44. The molecule has 2 N–H and O–H groups in total. The van der Waals surface area contributed by atoms with Gasteiger partial charge in [0.05, 0.1) is 5.56 Å². The van der Waals surface area contributed by atoms with E-state index >= 15 is 0 Å². The summed E-state index contributed by atoms with van der Waals surface area (Å²) in [4.78, 5) is 19.7. The molecule has 94 valence electrons. The van der Waals surface area contributed by atoms with Crippen molar-refractivity contribution in [2.24, 2.45) is 0 Å². The third-order valence-electron chi connectivity index (χ3n) is 2.32. The number of carbonyl (C=O) groups excluding carboxylic acids is 1. The minimum atomic E-state index is -0.173. The van der Waals surface area contributed by atoms with Crippen molar-refractivity contribution in [3.63, 3.8) is 0 Å². The van der Waals surface area contributed by atoms with E-state index in [-0.39, 0.29) is 5.91 Å². The van der Waals surface area contributed by atoms with E-state index in [0.29, 0.717) is 24.4 Å². The van der Waals surface area contributed by atoms with Crippen molar-refractivity contribution >= 4 is 11.7 Å². The van der Waals surface area contributed by atoms with Crippen molar-refractivity contribution in [3.05, 3.63) is 36.1 Å². The SMILES string of the molecule is CNc1ccc(C(=O)NCCc2ncon2)cn1. The summed E-state index contributed by atoms with van der Waals surface area (Å²) >= 11 is 0. The first-order chi connectivity index (χ1) is 8.79. The molecule has 0 radical (unpaired) electrons. The highest BCUT2D eigenvalue weighted by Gasteiger charge is 2.06. The zero-order valence-electron chi connectivity index (χ0n) is 9.88. The van der Waals surface area contributed by atoms with Gasteiger partial charge in [-0.05, 0) is 12.1 Å². The summed E-state index contributed by atoms with van der Waals surface area (Å²) in [5, 5.41) is 9.29. The quantitative estimate of drug-likeness (QED) is 0.798. The van der Waals surface area contributed by atoms with Crippen molar-refractivity contribution in [2.45, 2.75) is 6.42 Å². The maximum absolute atomic E-state index is 11.7. The van der Waals surface area contributed by atoms with E-state index < -0.39 is 0 Å². The van der Waals surface area contributed by atoms with Crippen LogP contribution >= 0.6 is 0 Å². The number of pyridine rings is 1. The third-order valence-corrected chi connectivity index (χ3v) is 2.32. The fourth-order valence-corrected chi connectivity index (χ4v) is 1.37. The standard InChI is InChI=1S/C11H13N5O2/c1-12-9-3-2-8(6-14-9)11(17)13-5-4-10-15-7-18-16-10/h2-3,6-7H,4-5H2,1H3,(H,12,14)(H,13,17). The second kappa shape index (κ2) is 5.76. The van der Waals surface area contributed by atoms with Gasteiger partial charge in [0.25, 0.3) is 5.91 Å². The lowest BCUT2D eigenvalue weighted by Gasteiger charge is -2.04. The van der Waals surface area contributed by atoms with E-state index in [1.807, 2.05) is 0 Å². The van der Waals surface area contributed by atoms with Crippen LogP contribution in [-0.4, -0.2) is 34.6 Å². The van der Waals surface area contributed by atoms with Crippen LogP contribution < -0.4 is 10.6 Å². The molecule has 0 atom stereocenters. The molecule has 0 saturated carbocycles. The van der Waals surface area contributed by atoms with Crippen LogP contribution in [0.1, 0.15) is 16.2 Å². The summed E-state index contributed by atoms with van der Waals surface area (Å²) in [6, 6.07) is 3.45. The second-order valence-electron chi connectivity index (χ2n) is 3.54. The van der Waals surface area contributed by atoms with Gasteiger partial charge in [-0.15, -0.1) is 0 Å². The first kappa shape index (κ1) is 12.0. The van der Waals surface area contributed by atoms with E-state index in [9.17, 15) is 4.79 Å². The largest absolute Gasteiger partial charge is 0.373 e. The predicted octanol–water partition coefficient (Wildman–Crippen LogP) is 0.479. The Balaban J connectivity index is 1.83. The molecule has 0 aliphatic rings. The van der Waals surface area contributed by atoms with Crippen LogP contribution in [0.5, 0.6) is 0 Å². The average molecular weight is 247 g/mol. The average Bonchev–Trinajstić information content (AvgIpc) is 2.92. The molecule has 2 heterocycles. The highest BCUT2D eigenvalue weighted by Crippen LogP contribution is 2.03. The second-order valence-corrected chi connectivity index (χ2v) is 3.54. The van der Waals surface area contributed by atoms with Crippen LogP contribution in [0.15, 0.2) is 29.2 Å². The van der Waals surface area contributed by atoms with E-state index in [4.69, 9.17) is 0 Å². The van der Waals surface area contributed by atoms with Gasteiger partial charge < -0.3 is 15.2 Å². The molecule has 2 rings (SSSR count). The monoisotopic (exact) mass is 247 g/mol. The smallest absolute Gasteiger partial charge is 0.252 e. The minimum Gasteiger partial charge on any atom is -0.373 e. The van der Waals surface area contributed by atoms with E-state index in [0.717, 1.165) is 5.82 Å². The molecular weight excluding hydrogens is 234 g/mol. The minimum absolute atomic E-state index is 0.173. The summed E-state index contributed by atoms with van der Waals surface area (Å²) in [6.07, 6.45) is 3.32. The van der Waals surface area contributed by atoms with Crippen molar-refractivity contribution in [1.82, 2.24) is 20.4 Å². The van der Waals surface area contributed by atoms with Crippen LogP contribution in [0.3, 0.4) is 0 Å². The summed E-state index contributed by atoms with van der Waals surface area (Å²) in [6.45, 7) is 0.451. The van der Waals surface area contributed by atoms with Gasteiger partial charge in [-0.2, -0.15) is 4.98 Å². The number of nitrogens with one attached hydrogen (secondary N) is 2. The normalized spacial score (nSPS) is 10.1.